The van der Waals surface area contributed by atoms with Gasteiger partial charge in [0.25, 0.3) is 5.91 Å². The molecule has 1 saturated carbocycles. The fourth-order valence-electron chi connectivity index (χ4n) is 9.12. The maximum atomic E-state index is 14.6. The highest BCUT2D eigenvalue weighted by atomic mass is 32.1. The molecule has 0 bridgehead atoms. The van der Waals surface area contributed by atoms with Crippen molar-refractivity contribution >= 4 is 40.1 Å². The number of ether oxygens (including phenoxy) is 1. The minimum atomic E-state index is -1.96. The zero-order valence-electron chi connectivity index (χ0n) is 37.7. The lowest BCUT2D eigenvalue weighted by Gasteiger charge is -2.35. The second-order valence-electron chi connectivity index (χ2n) is 19.1. The topological polar surface area (TPSA) is 186 Å². The van der Waals surface area contributed by atoms with Crippen LogP contribution in [0, 0.1) is 12.3 Å². The average molecular weight is 909 g/mol. The number of likely N-dealkylation sites (tertiary alicyclic amines) is 2. The van der Waals surface area contributed by atoms with Crippen molar-refractivity contribution in [1.82, 2.24) is 40.6 Å². The van der Waals surface area contributed by atoms with E-state index in [4.69, 9.17) is 4.74 Å². The molecule has 0 unspecified atom stereocenters. The Morgan fingerprint density at radius 3 is 2.54 bits per heavy atom. The highest BCUT2D eigenvalue weighted by Crippen LogP contribution is 2.41. The molecule has 3 atom stereocenters. The van der Waals surface area contributed by atoms with Gasteiger partial charge >= 0.3 is 0 Å². The van der Waals surface area contributed by atoms with Crippen LogP contribution in [0.1, 0.15) is 101 Å². The highest BCUT2D eigenvalue weighted by Gasteiger charge is 2.53. The fraction of sp³-hybridized carbons (Fsp3) is 0.510. The first-order chi connectivity index (χ1) is 31.2. The minimum absolute atomic E-state index is 0.0469. The van der Waals surface area contributed by atoms with Crippen LogP contribution in [0.15, 0.2) is 60.2 Å². The lowest BCUT2D eigenvalue weighted by molar-refractivity contribution is -0.145. The van der Waals surface area contributed by atoms with Gasteiger partial charge in [-0.3, -0.25) is 14.4 Å². The van der Waals surface area contributed by atoms with Gasteiger partial charge in [0.2, 0.25) is 11.8 Å². The Bertz CT molecular complexity index is 2490. The Morgan fingerprint density at radius 1 is 1.05 bits per heavy atom. The van der Waals surface area contributed by atoms with Gasteiger partial charge in [-0.05, 0) is 112 Å². The second-order valence-corrected chi connectivity index (χ2v) is 19.9. The van der Waals surface area contributed by atoms with Crippen molar-refractivity contribution in [2.45, 2.75) is 122 Å². The number of aromatic nitrogens is 4. The van der Waals surface area contributed by atoms with Crippen LogP contribution in [0.4, 0.5) is 4.39 Å². The van der Waals surface area contributed by atoms with Gasteiger partial charge in [0.15, 0.2) is 11.3 Å². The van der Waals surface area contributed by atoms with Gasteiger partial charge in [-0.25, -0.2) is 9.37 Å². The van der Waals surface area contributed by atoms with Crippen LogP contribution in [0.5, 0.6) is 11.5 Å². The van der Waals surface area contributed by atoms with Gasteiger partial charge in [-0.2, -0.15) is 0 Å². The van der Waals surface area contributed by atoms with Crippen LogP contribution in [-0.2, 0) is 20.9 Å². The van der Waals surface area contributed by atoms with Crippen LogP contribution < -0.4 is 15.4 Å². The second kappa shape index (κ2) is 19.6. The number of H-pyrrole nitrogens is 1. The number of thiazole rings is 1. The summed E-state index contributed by atoms with van der Waals surface area (Å²) in [6, 6.07) is 13.1. The number of hydrogen-bond acceptors (Lipinski definition) is 11. The number of rotatable bonds is 17. The molecule has 0 radical (unpaired) electrons. The summed E-state index contributed by atoms with van der Waals surface area (Å²) in [5, 5.41) is 36.4. The number of aromatic amines is 1. The van der Waals surface area contributed by atoms with E-state index < -0.39 is 47.0 Å². The third-order valence-corrected chi connectivity index (χ3v) is 14.2. The number of alkyl halides is 1. The summed E-state index contributed by atoms with van der Waals surface area (Å²) in [6.07, 6.45) is 7.63. The number of halogens is 1. The summed E-state index contributed by atoms with van der Waals surface area (Å²) < 4.78 is 21.1. The third kappa shape index (κ3) is 10.7. The number of phenolic OH excluding ortho intramolecular Hbond substituents is 1. The first kappa shape index (κ1) is 46.1. The molecule has 3 amide bonds. The lowest BCUT2D eigenvalue weighted by Crippen LogP contribution is -2.59. The molecule has 65 heavy (non-hydrogen) atoms. The molecule has 14 nitrogen and oxygen atoms in total. The van der Waals surface area contributed by atoms with E-state index in [1.165, 1.54) is 10.5 Å². The van der Waals surface area contributed by atoms with Crippen molar-refractivity contribution in [3.8, 4) is 33.2 Å². The van der Waals surface area contributed by atoms with Crippen molar-refractivity contribution in [1.29, 1.82) is 0 Å². The number of piperidine rings is 1. The summed E-state index contributed by atoms with van der Waals surface area (Å²) in [7, 11) is 0. The molecule has 16 heteroatoms. The third-order valence-electron chi connectivity index (χ3n) is 13.2. The Kier molecular flexibility index (Phi) is 13.9. The standard InChI is InChI=1S/C49H61FN8O6S/c1-30-42(65-29-53-30)32-13-14-33(26-52-45(61)39-24-34(59)28-58(39)46(62)43(48(2,3)4)54-47(63)49(50)17-18-49)41(23-32)64-22-10-6-5-9-19-57-20-15-31(16-21-57)37-27-51-44-36(37)25-38(55-56-44)35-11-7-8-12-40(35)60/h7-8,11-14,23,25,27,29,31,34,39,43,59-60H,5-6,9-10,15-22,24,26,28H2,1-4H3,(H,51,56)(H,52,61)(H,54,63)/t34-,39+,43-/m1/s1. The number of nitrogens with zero attached hydrogens (tertiary/aromatic N) is 5. The number of para-hydroxylation sites is 1. The molecule has 5 heterocycles. The number of β-amino-alcohol motifs (C(OH)–C–C–N with tert-alkyl or cyclic N) is 1. The van der Waals surface area contributed by atoms with Crippen LogP contribution in [0.3, 0.4) is 0 Å². The summed E-state index contributed by atoms with van der Waals surface area (Å²) in [6.45, 7) is 11.0. The molecule has 346 valence electrons. The van der Waals surface area contributed by atoms with Gasteiger partial charge < -0.3 is 40.4 Å². The monoisotopic (exact) mass is 908 g/mol. The number of unbranched alkanes of at least 4 members (excludes halogenated alkanes) is 3. The molecule has 2 aromatic carbocycles. The number of phenols is 1. The van der Waals surface area contributed by atoms with Gasteiger partial charge in [-0.15, -0.1) is 21.5 Å². The Hall–Kier alpha value is -5.45. The maximum Gasteiger partial charge on any atom is 0.258 e. The van der Waals surface area contributed by atoms with Crippen LogP contribution in [-0.4, -0.2) is 115 Å². The van der Waals surface area contributed by atoms with E-state index in [-0.39, 0.29) is 38.1 Å². The Morgan fingerprint density at radius 2 is 1.82 bits per heavy atom. The fourth-order valence-corrected chi connectivity index (χ4v) is 9.92. The van der Waals surface area contributed by atoms with Gasteiger partial charge in [0.05, 0.1) is 34.5 Å². The van der Waals surface area contributed by atoms with Crippen LogP contribution >= 0.6 is 11.3 Å². The number of aliphatic hydroxyl groups is 1. The van der Waals surface area contributed by atoms with Crippen molar-refractivity contribution in [2.75, 3.05) is 32.8 Å². The molecule has 5 N–H and O–H groups in total. The first-order valence-corrected chi connectivity index (χ1v) is 23.8. The van der Waals surface area contributed by atoms with Gasteiger partial charge in [0.1, 0.15) is 23.6 Å². The molecule has 0 spiro atoms. The van der Waals surface area contributed by atoms with E-state index in [0.29, 0.717) is 29.5 Å². The van der Waals surface area contributed by atoms with Crippen molar-refractivity contribution in [3.05, 3.63) is 77.1 Å². The maximum absolute atomic E-state index is 14.6. The average Bonchev–Trinajstić information content (AvgIpc) is 3.56. The largest absolute Gasteiger partial charge is 0.507 e. The van der Waals surface area contributed by atoms with E-state index in [1.807, 2.05) is 48.8 Å². The number of hydrogen-bond donors (Lipinski definition) is 5. The number of aliphatic hydroxyl groups excluding tert-OH is 1. The van der Waals surface area contributed by atoms with Gasteiger partial charge in [0, 0.05) is 42.2 Å². The molecule has 2 saturated heterocycles. The molecule has 5 aromatic rings. The molecule has 3 aliphatic rings. The van der Waals surface area contributed by atoms with Crippen molar-refractivity contribution in [3.63, 3.8) is 0 Å². The van der Waals surface area contributed by atoms with Crippen LogP contribution in [0.25, 0.3) is 32.7 Å². The SMILES string of the molecule is Cc1ncsc1-c1ccc(CNC(=O)[C@@H]2C[C@@H](O)CN2C(=O)[C@@H](NC(=O)C2(F)CC2)C(C)(C)C)c(OCCCCCCN2CCC(c3c[nH]c4nnc(-c5ccccc5O)cc34)CC2)c1. The van der Waals surface area contributed by atoms with E-state index >= 15 is 0 Å². The van der Waals surface area contributed by atoms with E-state index in [0.717, 1.165) is 90.9 Å². The number of amides is 3. The lowest BCUT2D eigenvalue weighted by atomic mass is 9.85. The van der Waals surface area contributed by atoms with Crippen molar-refractivity contribution in [2.24, 2.45) is 5.41 Å². The molecule has 2 aliphatic heterocycles. The normalized spacial score (nSPS) is 19.3. The Labute approximate surface area is 383 Å². The molecule has 3 fully saturated rings. The number of nitrogens with one attached hydrogen (secondary N) is 3. The summed E-state index contributed by atoms with van der Waals surface area (Å²) in [5.74, 6) is -0.492. The summed E-state index contributed by atoms with van der Waals surface area (Å²) in [5.41, 5.74) is 5.12. The summed E-state index contributed by atoms with van der Waals surface area (Å²) >= 11 is 1.55. The molecule has 3 aromatic heterocycles. The number of carbonyl (C=O) groups excluding carboxylic acids is 3. The van der Waals surface area contributed by atoms with E-state index in [1.54, 1.807) is 44.2 Å². The minimum Gasteiger partial charge on any atom is -0.507 e. The number of fused-ring (bicyclic) bond motifs is 1. The zero-order chi connectivity index (χ0) is 45.9. The predicted octanol–water partition coefficient (Wildman–Crippen LogP) is 7.19. The Balaban J connectivity index is 0.818. The quantitative estimate of drug-likeness (QED) is 0.0598. The number of benzene rings is 2. The molecule has 8 rings (SSSR count). The van der Waals surface area contributed by atoms with E-state index in [9.17, 15) is 29.0 Å². The number of aromatic hydroxyl groups is 1. The highest BCUT2D eigenvalue weighted by molar-refractivity contribution is 7.13. The van der Waals surface area contributed by atoms with E-state index in [2.05, 4.69) is 41.9 Å². The van der Waals surface area contributed by atoms with Crippen LogP contribution in [0.2, 0.25) is 0 Å². The predicted molar refractivity (Wildman–Crippen MR) is 248 cm³/mol. The smallest absolute Gasteiger partial charge is 0.258 e. The molecule has 1 aliphatic carbocycles. The van der Waals surface area contributed by atoms with Gasteiger partial charge in [-0.1, -0.05) is 57.9 Å². The molecular weight excluding hydrogens is 848 g/mol. The number of aryl methyl sites for hydroxylation is 1. The number of carbonyl (C=O) groups is 3. The first-order valence-electron chi connectivity index (χ1n) is 23.0. The van der Waals surface area contributed by atoms with Crippen molar-refractivity contribution < 1.29 is 33.7 Å². The summed E-state index contributed by atoms with van der Waals surface area (Å²) in [4.78, 5) is 53.0. The zero-order valence-corrected chi connectivity index (χ0v) is 38.6. The molecular formula is C49H61FN8O6S.